The molecule has 110 valence electrons. The van der Waals surface area contributed by atoms with Gasteiger partial charge in [-0.25, -0.2) is 0 Å². The van der Waals surface area contributed by atoms with Crippen LogP contribution in [0.3, 0.4) is 0 Å². The van der Waals surface area contributed by atoms with Crippen LogP contribution in [0.15, 0.2) is 33.2 Å². The van der Waals surface area contributed by atoms with E-state index in [1.54, 1.807) is 0 Å². The Morgan fingerprint density at radius 1 is 1.25 bits per heavy atom. The second-order valence-corrected chi connectivity index (χ2v) is 6.60. The zero-order chi connectivity index (χ0) is 14.5. The predicted octanol–water partition coefficient (Wildman–Crippen LogP) is 5.67. The maximum Gasteiger partial charge on any atom is 0.148 e. The van der Waals surface area contributed by atoms with Gasteiger partial charge in [-0.15, -0.1) is 0 Å². The van der Waals surface area contributed by atoms with Crippen LogP contribution in [0.1, 0.15) is 51.8 Å². The largest absolute Gasteiger partial charge is 0.458 e. The summed E-state index contributed by atoms with van der Waals surface area (Å²) in [6.45, 7) is 7.67. The van der Waals surface area contributed by atoms with Gasteiger partial charge >= 0.3 is 0 Å². The molecule has 0 aliphatic carbocycles. The van der Waals surface area contributed by atoms with Gasteiger partial charge in [-0.2, -0.15) is 0 Å². The lowest BCUT2D eigenvalue weighted by Crippen LogP contribution is -2.20. The van der Waals surface area contributed by atoms with Crippen molar-refractivity contribution in [2.24, 2.45) is 5.92 Å². The van der Waals surface area contributed by atoms with Crippen molar-refractivity contribution in [3.05, 3.63) is 34.5 Å². The molecule has 0 saturated heterocycles. The van der Waals surface area contributed by atoms with E-state index in [1.807, 2.05) is 12.1 Å². The summed E-state index contributed by atoms with van der Waals surface area (Å²) in [6, 6.07) is 8.66. The molecule has 0 radical (unpaired) electrons. The molecule has 1 aromatic carbocycles. The van der Waals surface area contributed by atoms with Crippen LogP contribution < -0.4 is 5.32 Å². The van der Waals surface area contributed by atoms with Crippen molar-refractivity contribution in [2.45, 2.75) is 46.1 Å². The highest BCUT2D eigenvalue weighted by Crippen LogP contribution is 2.31. The van der Waals surface area contributed by atoms with Crippen molar-refractivity contribution in [3.63, 3.8) is 0 Å². The van der Waals surface area contributed by atoms with Gasteiger partial charge in [-0.1, -0.05) is 45.7 Å². The fourth-order valence-corrected chi connectivity index (χ4v) is 3.00. The minimum atomic E-state index is 0.318. The third kappa shape index (κ3) is 3.86. The normalized spacial score (nSPS) is 13.2. The third-order valence-electron chi connectivity index (χ3n) is 3.58. The van der Waals surface area contributed by atoms with E-state index in [0.29, 0.717) is 6.04 Å². The van der Waals surface area contributed by atoms with Crippen LogP contribution in [0.2, 0.25) is 0 Å². The molecule has 0 fully saturated rings. The molecule has 3 heteroatoms. The molecular weight excluding hydrogens is 314 g/mol. The number of rotatable bonds is 7. The summed E-state index contributed by atoms with van der Waals surface area (Å²) < 4.78 is 7.09. The number of nitrogens with one attached hydrogen (secondary N) is 1. The van der Waals surface area contributed by atoms with Crippen LogP contribution in [0.4, 0.5) is 0 Å². The van der Waals surface area contributed by atoms with Crippen molar-refractivity contribution in [1.29, 1.82) is 0 Å². The van der Waals surface area contributed by atoms with E-state index in [2.05, 4.69) is 54.2 Å². The average molecular weight is 338 g/mol. The molecule has 1 N–H and O–H groups in total. The van der Waals surface area contributed by atoms with Gasteiger partial charge < -0.3 is 9.73 Å². The van der Waals surface area contributed by atoms with E-state index in [1.165, 1.54) is 18.2 Å². The summed E-state index contributed by atoms with van der Waals surface area (Å²) >= 11 is 3.56. The Bertz CT molecular complexity index is 547. The molecule has 20 heavy (non-hydrogen) atoms. The first-order chi connectivity index (χ1) is 9.61. The lowest BCUT2D eigenvalue weighted by molar-refractivity contribution is 0.393. The molecule has 0 bridgehead atoms. The van der Waals surface area contributed by atoms with Gasteiger partial charge in [-0.05, 0) is 46.9 Å². The van der Waals surface area contributed by atoms with Crippen molar-refractivity contribution in [2.75, 3.05) is 6.54 Å². The Morgan fingerprint density at radius 2 is 2.05 bits per heavy atom. The van der Waals surface area contributed by atoms with Gasteiger partial charge in [0.2, 0.25) is 0 Å². The second kappa shape index (κ2) is 7.28. The fraction of sp³-hybridized carbons (Fsp3) is 0.529. The predicted molar refractivity (Wildman–Crippen MR) is 89.0 cm³/mol. The number of para-hydroxylation sites is 1. The van der Waals surface area contributed by atoms with Gasteiger partial charge in [0, 0.05) is 5.39 Å². The molecule has 1 heterocycles. The number of hydrogen-bond donors (Lipinski definition) is 1. The monoisotopic (exact) mass is 337 g/mol. The van der Waals surface area contributed by atoms with E-state index in [4.69, 9.17) is 4.42 Å². The Balaban J connectivity index is 2.16. The van der Waals surface area contributed by atoms with E-state index < -0.39 is 0 Å². The SMILES string of the molecule is CCNC(CCCC(C)C)c1cc2cccc(Br)c2o1. The molecule has 0 amide bonds. The van der Waals surface area contributed by atoms with E-state index in [-0.39, 0.29) is 0 Å². The average Bonchev–Trinajstić information content (AvgIpc) is 2.83. The molecule has 2 aromatic rings. The summed E-state index contributed by atoms with van der Waals surface area (Å²) in [5, 5.41) is 4.71. The van der Waals surface area contributed by atoms with E-state index >= 15 is 0 Å². The zero-order valence-corrected chi connectivity index (χ0v) is 14.2. The second-order valence-electron chi connectivity index (χ2n) is 5.74. The summed E-state index contributed by atoms with van der Waals surface area (Å²) in [7, 11) is 0. The molecule has 2 nitrogen and oxygen atoms in total. The maximum atomic E-state index is 6.06. The van der Waals surface area contributed by atoms with Crippen LogP contribution in [-0.2, 0) is 0 Å². The number of hydrogen-bond acceptors (Lipinski definition) is 2. The van der Waals surface area contributed by atoms with Crippen LogP contribution in [0, 0.1) is 5.92 Å². The van der Waals surface area contributed by atoms with Crippen LogP contribution in [0.5, 0.6) is 0 Å². The van der Waals surface area contributed by atoms with Gasteiger partial charge in [0.25, 0.3) is 0 Å². The van der Waals surface area contributed by atoms with Crippen molar-refractivity contribution in [1.82, 2.24) is 5.32 Å². The van der Waals surface area contributed by atoms with E-state index in [0.717, 1.165) is 34.7 Å². The molecule has 1 aromatic heterocycles. The summed E-state index contributed by atoms with van der Waals surface area (Å²) in [6.07, 6.45) is 3.63. The Labute approximate surface area is 130 Å². The minimum Gasteiger partial charge on any atom is -0.458 e. The van der Waals surface area contributed by atoms with Gasteiger partial charge in [0.15, 0.2) is 0 Å². The van der Waals surface area contributed by atoms with Crippen molar-refractivity contribution < 1.29 is 4.42 Å². The molecule has 0 spiro atoms. The summed E-state index contributed by atoms with van der Waals surface area (Å²) in [5.74, 6) is 1.82. The van der Waals surface area contributed by atoms with Crippen LogP contribution >= 0.6 is 15.9 Å². The maximum absolute atomic E-state index is 6.06. The molecule has 0 aliphatic rings. The quantitative estimate of drug-likeness (QED) is 0.703. The molecule has 1 atom stereocenters. The lowest BCUT2D eigenvalue weighted by atomic mass is 10.0. The van der Waals surface area contributed by atoms with Crippen molar-refractivity contribution >= 4 is 26.9 Å². The minimum absolute atomic E-state index is 0.318. The first-order valence-electron chi connectivity index (χ1n) is 7.53. The molecule has 0 aliphatic heterocycles. The number of benzene rings is 1. The van der Waals surface area contributed by atoms with E-state index in [9.17, 15) is 0 Å². The lowest BCUT2D eigenvalue weighted by Gasteiger charge is -2.16. The van der Waals surface area contributed by atoms with Crippen molar-refractivity contribution in [3.8, 4) is 0 Å². The van der Waals surface area contributed by atoms with Crippen LogP contribution in [-0.4, -0.2) is 6.54 Å². The Kier molecular flexibility index (Phi) is 5.67. The smallest absolute Gasteiger partial charge is 0.148 e. The number of halogens is 1. The Hall–Kier alpha value is -0.800. The molecule has 1 unspecified atom stereocenters. The standard InChI is InChI=1S/C17H24BrNO/c1-4-19-15(10-5-7-12(2)3)16-11-13-8-6-9-14(18)17(13)20-16/h6,8-9,11-12,15,19H,4-5,7,10H2,1-3H3. The summed E-state index contributed by atoms with van der Waals surface area (Å²) in [4.78, 5) is 0. The highest BCUT2D eigenvalue weighted by atomic mass is 79.9. The Morgan fingerprint density at radius 3 is 2.70 bits per heavy atom. The van der Waals surface area contributed by atoms with Gasteiger partial charge in [0.05, 0.1) is 10.5 Å². The van der Waals surface area contributed by atoms with Gasteiger partial charge in [-0.3, -0.25) is 0 Å². The fourth-order valence-electron chi connectivity index (χ4n) is 2.54. The van der Waals surface area contributed by atoms with Crippen LogP contribution in [0.25, 0.3) is 11.0 Å². The molecular formula is C17H24BrNO. The number of furan rings is 1. The van der Waals surface area contributed by atoms with Gasteiger partial charge in [0.1, 0.15) is 11.3 Å². The highest BCUT2D eigenvalue weighted by molar-refractivity contribution is 9.10. The zero-order valence-electron chi connectivity index (χ0n) is 12.6. The first-order valence-corrected chi connectivity index (χ1v) is 8.32. The first kappa shape index (κ1) is 15.6. The summed E-state index contributed by atoms with van der Waals surface area (Å²) in [5.41, 5.74) is 0.953. The highest BCUT2D eigenvalue weighted by Gasteiger charge is 2.16. The topological polar surface area (TPSA) is 25.2 Å². The molecule has 0 saturated carbocycles. The third-order valence-corrected chi connectivity index (χ3v) is 4.21. The molecule has 2 rings (SSSR count). The number of fused-ring (bicyclic) bond motifs is 1.